The minimum Gasteiger partial charge on any atom is -0.310 e. The van der Waals surface area contributed by atoms with Gasteiger partial charge in [-0.1, -0.05) is 152 Å². The average molecular weight is 598 g/mol. The van der Waals surface area contributed by atoms with Crippen LogP contribution in [0.5, 0.6) is 0 Å². The molecule has 0 aliphatic carbocycles. The van der Waals surface area contributed by atoms with Crippen LogP contribution in [0, 0.1) is 0 Å². The molecule has 0 fully saturated rings. The molecule has 0 spiro atoms. The van der Waals surface area contributed by atoms with E-state index in [1.165, 1.54) is 65.3 Å². The Bertz CT molecular complexity index is 2510. The third kappa shape index (κ3) is 4.72. The molecule has 0 aliphatic heterocycles. The molecule has 0 bridgehead atoms. The van der Waals surface area contributed by atoms with Gasteiger partial charge < -0.3 is 4.90 Å². The maximum atomic E-state index is 2.38. The maximum absolute atomic E-state index is 2.38. The van der Waals surface area contributed by atoms with E-state index in [4.69, 9.17) is 0 Å². The molecule has 0 unspecified atom stereocenters. The lowest BCUT2D eigenvalue weighted by Crippen LogP contribution is -2.10. The molecule has 1 nitrogen and oxygen atoms in total. The lowest BCUT2D eigenvalue weighted by molar-refractivity contribution is 1.30. The van der Waals surface area contributed by atoms with Crippen LogP contribution in [0.4, 0.5) is 17.1 Å². The van der Waals surface area contributed by atoms with Gasteiger partial charge in [-0.25, -0.2) is 0 Å². The number of nitrogens with zero attached hydrogens (tertiary/aromatic N) is 1. The highest BCUT2D eigenvalue weighted by Gasteiger charge is 2.16. The zero-order valence-electron chi connectivity index (χ0n) is 25.8. The van der Waals surface area contributed by atoms with Crippen molar-refractivity contribution >= 4 is 60.2 Å². The van der Waals surface area contributed by atoms with Gasteiger partial charge in [0.15, 0.2) is 0 Å². The van der Waals surface area contributed by atoms with E-state index in [9.17, 15) is 0 Å². The summed E-state index contributed by atoms with van der Waals surface area (Å²) in [4.78, 5) is 2.38. The number of anilines is 3. The quantitative estimate of drug-likeness (QED) is 0.178. The average Bonchev–Trinajstić information content (AvgIpc) is 3.16. The molecule has 0 amide bonds. The van der Waals surface area contributed by atoms with Crippen LogP contribution in [-0.4, -0.2) is 0 Å². The molecule has 0 radical (unpaired) electrons. The maximum Gasteiger partial charge on any atom is 0.0540 e. The highest BCUT2D eigenvalue weighted by molar-refractivity contribution is 6.25. The fourth-order valence-electron chi connectivity index (χ4n) is 7.15. The summed E-state index contributed by atoms with van der Waals surface area (Å²) in [5.74, 6) is 0. The summed E-state index contributed by atoms with van der Waals surface area (Å²) in [6, 6.07) is 68.2. The van der Waals surface area contributed by atoms with E-state index in [1.54, 1.807) is 0 Å². The Morgan fingerprint density at radius 2 is 0.681 bits per heavy atom. The van der Waals surface area contributed by atoms with Crippen molar-refractivity contribution in [1.82, 2.24) is 0 Å². The molecule has 0 aliphatic rings. The van der Waals surface area contributed by atoms with Crippen LogP contribution in [0.15, 0.2) is 188 Å². The highest BCUT2D eigenvalue weighted by atomic mass is 15.1. The molecule has 47 heavy (non-hydrogen) atoms. The largest absolute Gasteiger partial charge is 0.310 e. The van der Waals surface area contributed by atoms with Crippen LogP contribution in [0.3, 0.4) is 0 Å². The second-order valence-corrected chi connectivity index (χ2v) is 12.1. The Morgan fingerprint density at radius 3 is 1.30 bits per heavy atom. The summed E-state index contributed by atoms with van der Waals surface area (Å²) in [5.41, 5.74) is 8.24. The molecule has 1 heteroatoms. The van der Waals surface area contributed by atoms with Crippen molar-refractivity contribution in [3.05, 3.63) is 188 Å². The summed E-state index contributed by atoms with van der Waals surface area (Å²) < 4.78 is 0. The predicted molar refractivity (Wildman–Crippen MR) is 202 cm³/mol. The summed E-state index contributed by atoms with van der Waals surface area (Å²) in [7, 11) is 0. The van der Waals surface area contributed by atoms with Crippen molar-refractivity contribution in [1.29, 1.82) is 0 Å². The summed E-state index contributed by atoms with van der Waals surface area (Å²) >= 11 is 0. The normalized spacial score (nSPS) is 11.4. The molecule has 0 atom stereocenters. The Balaban J connectivity index is 1.16. The molecule has 9 aromatic carbocycles. The standard InChI is InChI=1S/C46H31N/c1-2-11-32(12-3-1)33-21-26-37(27-22-33)47(46-20-10-14-35-13-4-5-15-39(35)46)38-28-23-34(24-29-38)36-25-30-44-42-18-7-6-16-40(42)41-17-8-9-19-43(41)45(44)31-36/h1-31H. The van der Waals surface area contributed by atoms with Crippen LogP contribution in [0.2, 0.25) is 0 Å². The lowest BCUT2D eigenvalue weighted by atomic mass is 9.92. The minimum atomic E-state index is 1.12. The molecule has 9 aromatic rings. The van der Waals surface area contributed by atoms with Crippen molar-refractivity contribution in [2.24, 2.45) is 0 Å². The SMILES string of the molecule is c1ccc(-c2ccc(N(c3ccc(-c4ccc5c6ccccc6c6ccccc6c5c4)cc3)c3cccc4ccccc34)cc2)cc1. The number of hydrogen-bond donors (Lipinski definition) is 0. The number of rotatable bonds is 5. The minimum absolute atomic E-state index is 1.12. The van der Waals surface area contributed by atoms with E-state index in [2.05, 4.69) is 193 Å². The van der Waals surface area contributed by atoms with E-state index in [-0.39, 0.29) is 0 Å². The van der Waals surface area contributed by atoms with Crippen molar-refractivity contribution in [2.75, 3.05) is 4.90 Å². The molecule has 0 saturated heterocycles. The smallest absolute Gasteiger partial charge is 0.0540 e. The first-order valence-electron chi connectivity index (χ1n) is 16.2. The van der Waals surface area contributed by atoms with E-state index in [1.807, 2.05) is 0 Å². The predicted octanol–water partition coefficient (Wildman–Crippen LogP) is 13.1. The van der Waals surface area contributed by atoms with Gasteiger partial charge in [-0.15, -0.1) is 0 Å². The zero-order chi connectivity index (χ0) is 31.2. The van der Waals surface area contributed by atoms with Gasteiger partial charge in [0.05, 0.1) is 5.69 Å². The van der Waals surface area contributed by atoms with Gasteiger partial charge in [-0.05, 0) is 96.4 Å². The molecule has 0 heterocycles. The van der Waals surface area contributed by atoms with E-state index in [0.29, 0.717) is 0 Å². The second kappa shape index (κ2) is 11.3. The first kappa shape index (κ1) is 27.2. The van der Waals surface area contributed by atoms with Gasteiger partial charge in [0, 0.05) is 16.8 Å². The number of fused-ring (bicyclic) bond motifs is 7. The molecule has 9 rings (SSSR count). The molecular weight excluding hydrogens is 567 g/mol. The Kier molecular flexibility index (Phi) is 6.54. The van der Waals surface area contributed by atoms with Gasteiger partial charge in [0.2, 0.25) is 0 Å². The van der Waals surface area contributed by atoms with Crippen LogP contribution in [0.25, 0.3) is 65.3 Å². The van der Waals surface area contributed by atoms with Gasteiger partial charge in [-0.2, -0.15) is 0 Å². The fourth-order valence-corrected chi connectivity index (χ4v) is 7.15. The Labute approximate surface area is 274 Å². The molecule has 0 N–H and O–H groups in total. The third-order valence-corrected chi connectivity index (χ3v) is 9.44. The molecular formula is C46H31N. The second-order valence-electron chi connectivity index (χ2n) is 12.1. The van der Waals surface area contributed by atoms with Crippen molar-refractivity contribution < 1.29 is 0 Å². The summed E-state index contributed by atoms with van der Waals surface area (Å²) in [6.07, 6.45) is 0. The van der Waals surface area contributed by atoms with Crippen LogP contribution in [0.1, 0.15) is 0 Å². The number of benzene rings is 9. The lowest BCUT2D eigenvalue weighted by Gasteiger charge is -2.27. The van der Waals surface area contributed by atoms with Gasteiger partial charge >= 0.3 is 0 Å². The van der Waals surface area contributed by atoms with Crippen LogP contribution in [-0.2, 0) is 0 Å². The highest BCUT2D eigenvalue weighted by Crippen LogP contribution is 2.41. The Morgan fingerprint density at radius 1 is 0.255 bits per heavy atom. The summed E-state index contributed by atoms with van der Waals surface area (Å²) in [5, 5.41) is 10.2. The fraction of sp³-hybridized carbons (Fsp3) is 0. The topological polar surface area (TPSA) is 3.24 Å². The molecule has 0 aromatic heterocycles. The Hall–Kier alpha value is -6.18. The van der Waals surface area contributed by atoms with Crippen LogP contribution >= 0.6 is 0 Å². The molecule has 0 saturated carbocycles. The van der Waals surface area contributed by atoms with Gasteiger partial charge in [-0.3, -0.25) is 0 Å². The van der Waals surface area contributed by atoms with Crippen molar-refractivity contribution in [3.8, 4) is 22.3 Å². The van der Waals surface area contributed by atoms with E-state index < -0.39 is 0 Å². The van der Waals surface area contributed by atoms with Crippen molar-refractivity contribution in [3.63, 3.8) is 0 Å². The van der Waals surface area contributed by atoms with Gasteiger partial charge in [0.25, 0.3) is 0 Å². The monoisotopic (exact) mass is 597 g/mol. The zero-order valence-corrected chi connectivity index (χ0v) is 25.8. The van der Waals surface area contributed by atoms with Crippen molar-refractivity contribution in [2.45, 2.75) is 0 Å². The van der Waals surface area contributed by atoms with E-state index >= 15 is 0 Å². The molecule has 220 valence electrons. The van der Waals surface area contributed by atoms with E-state index in [0.717, 1.165) is 17.1 Å². The van der Waals surface area contributed by atoms with Crippen LogP contribution < -0.4 is 4.90 Å². The van der Waals surface area contributed by atoms with Gasteiger partial charge in [0.1, 0.15) is 0 Å². The first-order valence-corrected chi connectivity index (χ1v) is 16.2. The summed E-state index contributed by atoms with van der Waals surface area (Å²) in [6.45, 7) is 0. The number of hydrogen-bond acceptors (Lipinski definition) is 1. The first-order chi connectivity index (χ1) is 23.3. The third-order valence-electron chi connectivity index (χ3n) is 9.44.